The van der Waals surface area contributed by atoms with Gasteiger partial charge in [0.25, 0.3) is 5.56 Å². The highest BCUT2D eigenvalue weighted by atomic mass is 32.2. The van der Waals surface area contributed by atoms with E-state index in [4.69, 9.17) is 4.74 Å². The van der Waals surface area contributed by atoms with Crippen molar-refractivity contribution in [1.82, 2.24) is 9.55 Å². The molecule has 164 valence electrons. The Bertz CT molecular complexity index is 1320. The van der Waals surface area contributed by atoms with Gasteiger partial charge in [-0.25, -0.2) is 4.79 Å². The molecule has 5 nitrogen and oxygen atoms in total. The van der Waals surface area contributed by atoms with Crippen LogP contribution in [0.15, 0.2) is 92.3 Å². The quantitative estimate of drug-likeness (QED) is 0.299. The van der Waals surface area contributed by atoms with Gasteiger partial charge < -0.3 is 4.74 Å². The van der Waals surface area contributed by atoms with Crippen molar-refractivity contribution in [2.45, 2.75) is 42.8 Å². The van der Waals surface area contributed by atoms with Crippen molar-refractivity contribution < 1.29 is 4.74 Å². The molecule has 0 fully saturated rings. The van der Waals surface area contributed by atoms with Gasteiger partial charge in [0.15, 0.2) is 0 Å². The van der Waals surface area contributed by atoms with Gasteiger partial charge in [0.2, 0.25) is 0 Å². The summed E-state index contributed by atoms with van der Waals surface area (Å²) in [5.41, 5.74) is 0.971. The molecule has 0 aliphatic carbocycles. The fraction of sp³-hybridized carbons (Fsp3) is 0.231. The molecule has 0 spiro atoms. The van der Waals surface area contributed by atoms with Crippen LogP contribution in [-0.2, 0) is 17.9 Å². The first kappa shape index (κ1) is 22.1. The van der Waals surface area contributed by atoms with Crippen LogP contribution < -0.4 is 11.2 Å². The molecule has 1 aromatic heterocycles. The predicted molar refractivity (Wildman–Crippen MR) is 130 cm³/mol. The molecule has 0 bridgehead atoms. The van der Waals surface area contributed by atoms with Crippen molar-refractivity contribution in [3.05, 3.63) is 105 Å². The minimum absolute atomic E-state index is 0.0487. The second-order valence-electron chi connectivity index (χ2n) is 7.91. The van der Waals surface area contributed by atoms with Gasteiger partial charge in [0.1, 0.15) is 6.73 Å². The zero-order valence-corrected chi connectivity index (χ0v) is 19.0. The molecule has 1 heterocycles. The zero-order valence-electron chi connectivity index (χ0n) is 18.2. The van der Waals surface area contributed by atoms with Gasteiger partial charge in [-0.2, -0.15) is 0 Å². The number of fused-ring (bicyclic) bond motifs is 1. The lowest BCUT2D eigenvalue weighted by Crippen LogP contribution is -2.35. The molecule has 0 aliphatic rings. The fourth-order valence-corrected chi connectivity index (χ4v) is 5.02. The van der Waals surface area contributed by atoms with E-state index >= 15 is 0 Å². The summed E-state index contributed by atoms with van der Waals surface area (Å²) in [6.45, 7) is 4.48. The molecule has 0 aliphatic heterocycles. The molecule has 4 aromatic rings. The van der Waals surface area contributed by atoms with Crippen molar-refractivity contribution in [3.8, 4) is 0 Å². The van der Waals surface area contributed by atoms with E-state index in [-0.39, 0.29) is 18.2 Å². The van der Waals surface area contributed by atoms with Crippen LogP contribution in [0.1, 0.15) is 30.9 Å². The summed E-state index contributed by atoms with van der Waals surface area (Å²) in [6, 6.07) is 24.2. The molecule has 0 radical (unpaired) electrons. The average Bonchev–Trinajstić information content (AvgIpc) is 2.79. The Balaban J connectivity index is 1.67. The van der Waals surface area contributed by atoms with E-state index in [1.807, 2.05) is 68.4 Å². The van der Waals surface area contributed by atoms with Crippen LogP contribution in [0.3, 0.4) is 0 Å². The van der Waals surface area contributed by atoms with Gasteiger partial charge in [-0.1, -0.05) is 92.3 Å². The smallest absolute Gasteiger partial charge is 0.331 e. The van der Waals surface area contributed by atoms with Crippen LogP contribution >= 0.6 is 11.8 Å². The highest BCUT2D eigenvalue weighted by molar-refractivity contribution is 7.99. The van der Waals surface area contributed by atoms with E-state index in [0.717, 1.165) is 22.1 Å². The zero-order chi connectivity index (χ0) is 22.5. The molecule has 0 amide bonds. The number of ether oxygens (including phenoxy) is 1. The van der Waals surface area contributed by atoms with E-state index in [2.05, 4.69) is 23.2 Å². The molecule has 0 saturated heterocycles. The Morgan fingerprint density at radius 3 is 2.44 bits per heavy atom. The molecule has 32 heavy (non-hydrogen) atoms. The van der Waals surface area contributed by atoms with Crippen LogP contribution in [0.25, 0.3) is 10.8 Å². The van der Waals surface area contributed by atoms with Crippen LogP contribution in [0.2, 0.25) is 0 Å². The van der Waals surface area contributed by atoms with Crippen molar-refractivity contribution >= 4 is 22.5 Å². The third-order valence-corrected chi connectivity index (χ3v) is 6.53. The lowest BCUT2D eigenvalue weighted by Gasteiger charge is -2.18. The maximum atomic E-state index is 12.8. The number of hydrogen-bond acceptors (Lipinski definition) is 4. The van der Waals surface area contributed by atoms with Gasteiger partial charge in [-0.15, -0.1) is 0 Å². The van der Waals surface area contributed by atoms with Gasteiger partial charge >= 0.3 is 5.69 Å². The van der Waals surface area contributed by atoms with Crippen molar-refractivity contribution in [1.29, 1.82) is 0 Å². The molecule has 0 atom stereocenters. The Kier molecular flexibility index (Phi) is 6.93. The van der Waals surface area contributed by atoms with Crippen molar-refractivity contribution in [3.63, 3.8) is 0 Å². The minimum Gasteiger partial charge on any atom is -0.360 e. The molecule has 0 unspecified atom stereocenters. The van der Waals surface area contributed by atoms with Crippen LogP contribution in [0.5, 0.6) is 0 Å². The third kappa shape index (κ3) is 4.87. The number of benzene rings is 3. The van der Waals surface area contributed by atoms with Crippen LogP contribution in [0, 0.1) is 0 Å². The van der Waals surface area contributed by atoms with E-state index in [1.165, 1.54) is 21.9 Å². The van der Waals surface area contributed by atoms with Crippen LogP contribution in [-0.4, -0.2) is 16.2 Å². The molecular weight excluding hydrogens is 420 g/mol. The van der Waals surface area contributed by atoms with E-state index in [9.17, 15) is 9.59 Å². The summed E-state index contributed by atoms with van der Waals surface area (Å²) in [5, 5.41) is 2.82. The number of H-pyrrole nitrogens is 1. The molecule has 3 aromatic carbocycles. The first-order chi connectivity index (χ1) is 15.5. The molecule has 0 saturated carbocycles. The van der Waals surface area contributed by atoms with Gasteiger partial charge in [0.05, 0.1) is 17.2 Å². The van der Waals surface area contributed by atoms with Crippen LogP contribution in [0.4, 0.5) is 0 Å². The number of rotatable bonds is 8. The molecular formula is C26H26N2O3S. The number of nitrogens with zero attached hydrogens (tertiary/aromatic N) is 1. The Morgan fingerprint density at radius 2 is 1.66 bits per heavy atom. The summed E-state index contributed by atoms with van der Waals surface area (Å²) in [5.74, 6) is -0.0487. The van der Waals surface area contributed by atoms with E-state index in [0.29, 0.717) is 17.2 Å². The number of aromatic nitrogens is 2. The summed E-state index contributed by atoms with van der Waals surface area (Å²) in [7, 11) is 0. The van der Waals surface area contributed by atoms with Gasteiger partial charge in [-0.3, -0.25) is 14.3 Å². The Hall–Kier alpha value is -3.09. The first-order valence-electron chi connectivity index (χ1n) is 10.7. The fourth-order valence-electron chi connectivity index (χ4n) is 3.68. The summed E-state index contributed by atoms with van der Waals surface area (Å²) in [4.78, 5) is 28.9. The maximum absolute atomic E-state index is 12.8. The Morgan fingerprint density at radius 1 is 0.938 bits per heavy atom. The largest absolute Gasteiger partial charge is 0.360 e. The molecule has 1 N–H and O–H groups in total. The Labute approximate surface area is 191 Å². The lowest BCUT2D eigenvalue weighted by atomic mass is 10.1. The highest BCUT2D eigenvalue weighted by Crippen LogP contribution is 2.35. The lowest BCUT2D eigenvalue weighted by molar-refractivity contribution is 0.0699. The van der Waals surface area contributed by atoms with E-state index < -0.39 is 5.69 Å². The summed E-state index contributed by atoms with van der Waals surface area (Å²) >= 11 is 1.44. The van der Waals surface area contributed by atoms with E-state index in [1.54, 1.807) is 0 Å². The standard InChI is InChI=1S/C26H26N2O3S/c1-18(2)23-24(29)27-26(30)28(17-31-16-15-19-9-4-3-5-10-19)25(23)32-22-14-8-12-20-11-6-7-13-21(20)22/h3-14,18H,15-17H2,1-2H3,(H,27,29,30). The second kappa shape index (κ2) is 10.0. The molecule has 4 rings (SSSR count). The topological polar surface area (TPSA) is 64.1 Å². The maximum Gasteiger partial charge on any atom is 0.331 e. The SMILES string of the molecule is CC(C)c1c(Sc2cccc3ccccc23)n(COCCc2ccccc2)c(=O)[nH]c1=O. The van der Waals surface area contributed by atoms with Gasteiger partial charge in [-0.05, 0) is 34.7 Å². The third-order valence-electron chi connectivity index (χ3n) is 5.32. The minimum atomic E-state index is -0.457. The monoisotopic (exact) mass is 446 g/mol. The van der Waals surface area contributed by atoms with Gasteiger partial charge in [0, 0.05) is 4.90 Å². The highest BCUT2D eigenvalue weighted by Gasteiger charge is 2.19. The second-order valence-corrected chi connectivity index (χ2v) is 8.94. The first-order valence-corrected chi connectivity index (χ1v) is 11.5. The molecule has 6 heteroatoms. The number of hydrogen-bond donors (Lipinski definition) is 1. The normalized spacial score (nSPS) is 11.3. The van der Waals surface area contributed by atoms with Crippen molar-refractivity contribution in [2.24, 2.45) is 0 Å². The summed E-state index contributed by atoms with van der Waals surface area (Å²) in [6.07, 6.45) is 0.752. The number of nitrogens with one attached hydrogen (secondary N) is 1. The number of aromatic amines is 1. The predicted octanol–water partition coefficient (Wildman–Crippen LogP) is 5.18. The van der Waals surface area contributed by atoms with Crippen molar-refractivity contribution in [2.75, 3.05) is 6.61 Å². The summed E-state index contributed by atoms with van der Waals surface area (Å²) < 4.78 is 7.41. The average molecular weight is 447 g/mol.